The van der Waals surface area contributed by atoms with Crippen molar-refractivity contribution >= 4 is 21.6 Å². The Kier molecular flexibility index (Phi) is 8.28. The van der Waals surface area contributed by atoms with Crippen LogP contribution in [0.1, 0.15) is 53.6 Å². The van der Waals surface area contributed by atoms with Crippen LogP contribution < -0.4 is 14.4 Å². The maximum absolute atomic E-state index is 13.6. The van der Waals surface area contributed by atoms with Gasteiger partial charge in [0.1, 0.15) is 0 Å². The summed E-state index contributed by atoms with van der Waals surface area (Å²) in [5.74, 6) is -0.0525. The minimum absolute atomic E-state index is 0.0525. The molecule has 0 aliphatic heterocycles. The number of nitrogens with one attached hydrogen (secondary N) is 1. The molecule has 1 aliphatic rings. The van der Waals surface area contributed by atoms with E-state index in [0.29, 0.717) is 24.9 Å². The fraction of sp³-hybridized carbons (Fsp3) is 0.250. The number of rotatable bonds is 10. The summed E-state index contributed by atoms with van der Waals surface area (Å²) in [6.07, 6.45) is 6.26. The van der Waals surface area contributed by atoms with Gasteiger partial charge < -0.3 is 4.90 Å². The van der Waals surface area contributed by atoms with Crippen molar-refractivity contribution in [1.82, 2.24) is 4.72 Å². The number of sulfonamides is 1. The summed E-state index contributed by atoms with van der Waals surface area (Å²) >= 11 is 0. The van der Waals surface area contributed by atoms with E-state index in [4.69, 9.17) is 0 Å². The Labute approximate surface area is 235 Å². The Balaban J connectivity index is 1.41. The lowest BCUT2D eigenvalue weighted by molar-refractivity contribution is -0.905. The molecule has 1 amide bonds. The zero-order chi connectivity index (χ0) is 28.1. The molecule has 5 rings (SSSR count). The summed E-state index contributed by atoms with van der Waals surface area (Å²) in [6, 6.07) is 25.9. The second-order valence-electron chi connectivity index (χ2n) is 10.2. The number of aromatic nitrogens is 1. The van der Waals surface area contributed by atoms with E-state index in [0.717, 1.165) is 45.4 Å². The van der Waals surface area contributed by atoms with Gasteiger partial charge in [-0.05, 0) is 78.3 Å². The van der Waals surface area contributed by atoms with Crippen LogP contribution in [0.3, 0.4) is 0 Å². The average molecular weight is 557 g/mol. The van der Waals surface area contributed by atoms with E-state index < -0.39 is 10.0 Å². The van der Waals surface area contributed by atoms with Gasteiger partial charge >= 0.3 is 0 Å². The van der Waals surface area contributed by atoms with E-state index in [2.05, 4.69) is 4.72 Å². The summed E-state index contributed by atoms with van der Waals surface area (Å²) in [4.78, 5) is 15.6. The molecule has 40 heavy (non-hydrogen) atoms. The van der Waals surface area contributed by atoms with Crippen molar-refractivity contribution in [2.75, 3.05) is 4.90 Å². The number of benzene rings is 3. The fourth-order valence-corrected chi connectivity index (χ4v) is 6.43. The van der Waals surface area contributed by atoms with Crippen LogP contribution >= 0.6 is 0 Å². The van der Waals surface area contributed by atoms with E-state index in [-0.39, 0.29) is 23.4 Å². The monoisotopic (exact) mass is 556 g/mol. The number of amides is 1. The highest BCUT2D eigenvalue weighted by Gasteiger charge is 2.29. The smallest absolute Gasteiger partial charge is 0.241 e. The van der Waals surface area contributed by atoms with Gasteiger partial charge in [0.15, 0.2) is 0 Å². The van der Waals surface area contributed by atoms with Gasteiger partial charge in [-0.1, -0.05) is 55.5 Å². The molecule has 1 atom stereocenters. The molecule has 0 fully saturated rings. The normalized spacial score (nSPS) is 14.6. The van der Waals surface area contributed by atoms with Gasteiger partial charge in [0.25, 0.3) is 0 Å². The first-order chi connectivity index (χ1) is 19.3. The van der Waals surface area contributed by atoms with Crippen molar-refractivity contribution in [3.8, 4) is 0 Å². The maximum Gasteiger partial charge on any atom is 0.241 e. The van der Waals surface area contributed by atoms with Crippen LogP contribution in [0.2, 0.25) is 0 Å². The summed E-state index contributed by atoms with van der Waals surface area (Å²) in [6.45, 7) is 2.30. The Bertz CT molecular complexity index is 1590. The second kappa shape index (κ2) is 12.0. The summed E-state index contributed by atoms with van der Waals surface area (Å²) < 4.78 is 30.3. The van der Waals surface area contributed by atoms with Crippen LogP contribution in [0.25, 0.3) is 0 Å². The minimum Gasteiger partial charge on any atom is -0.308 e. The number of aryl methyl sites for hydroxylation is 3. The SMILES string of the molecule is CCc1ccc(S(=O)(=O)NC2CCc3ccc(N(Cc4ccc[n+](O)c4)C(=O)CCc4ccccc4)cc32)cc1. The van der Waals surface area contributed by atoms with Crippen molar-refractivity contribution in [1.29, 1.82) is 0 Å². The van der Waals surface area contributed by atoms with Crippen molar-refractivity contribution in [2.45, 2.75) is 56.5 Å². The molecule has 1 aromatic heterocycles. The lowest BCUT2D eigenvalue weighted by Gasteiger charge is -2.24. The van der Waals surface area contributed by atoms with Gasteiger partial charge in [-0.15, -0.1) is 0 Å². The Morgan fingerprint density at radius 3 is 2.45 bits per heavy atom. The molecule has 1 heterocycles. The third kappa shape index (κ3) is 6.41. The van der Waals surface area contributed by atoms with Crippen molar-refractivity contribution in [3.63, 3.8) is 0 Å². The highest BCUT2D eigenvalue weighted by atomic mass is 32.2. The highest BCUT2D eigenvalue weighted by molar-refractivity contribution is 7.89. The van der Waals surface area contributed by atoms with E-state index in [1.807, 2.05) is 73.7 Å². The van der Waals surface area contributed by atoms with Gasteiger partial charge in [-0.3, -0.25) is 10.0 Å². The average Bonchev–Trinajstić information content (AvgIpc) is 3.36. The first kappa shape index (κ1) is 27.6. The first-order valence-corrected chi connectivity index (χ1v) is 15.1. The molecule has 206 valence electrons. The van der Waals surface area contributed by atoms with E-state index in [1.54, 1.807) is 29.3 Å². The summed E-state index contributed by atoms with van der Waals surface area (Å²) in [5.41, 5.74) is 5.59. The minimum atomic E-state index is -3.71. The van der Waals surface area contributed by atoms with Gasteiger partial charge in [-0.25, -0.2) is 13.1 Å². The zero-order valence-electron chi connectivity index (χ0n) is 22.5. The van der Waals surface area contributed by atoms with E-state index in [1.165, 1.54) is 6.20 Å². The molecule has 0 bridgehead atoms. The van der Waals surface area contributed by atoms with Crippen LogP contribution in [0.15, 0.2) is 102 Å². The predicted octanol–water partition coefficient (Wildman–Crippen LogP) is 4.91. The molecule has 2 N–H and O–H groups in total. The third-order valence-electron chi connectivity index (χ3n) is 7.42. The number of nitrogens with zero attached hydrogens (tertiary/aromatic N) is 2. The van der Waals surface area contributed by atoms with Crippen LogP contribution in [0, 0.1) is 0 Å². The molecule has 8 heteroatoms. The lowest BCUT2D eigenvalue weighted by atomic mass is 10.1. The quantitative estimate of drug-likeness (QED) is 0.215. The molecule has 0 saturated carbocycles. The number of anilines is 1. The third-order valence-corrected chi connectivity index (χ3v) is 8.91. The molecule has 3 aromatic carbocycles. The van der Waals surface area contributed by atoms with Crippen molar-refractivity contribution < 1.29 is 23.1 Å². The Morgan fingerprint density at radius 1 is 0.975 bits per heavy atom. The van der Waals surface area contributed by atoms with Crippen molar-refractivity contribution in [2.24, 2.45) is 0 Å². The topological polar surface area (TPSA) is 90.6 Å². The Morgan fingerprint density at radius 2 is 1.73 bits per heavy atom. The number of hydrogen-bond acceptors (Lipinski definition) is 4. The molecule has 0 saturated heterocycles. The number of pyridine rings is 1. The standard InChI is InChI=1S/C32H34N3O4S/c1-2-24-10-16-29(17-11-24)40(38,39)33-31-18-14-27-13-15-28(21-30(27)31)35(23-26-9-6-20-34(37)22-26)32(36)19-12-25-7-4-3-5-8-25/h3-11,13,15-17,20-22,31,33,37H,2,12,14,18-19,23H2,1H3/q+1. The number of fused-ring (bicyclic) bond motifs is 1. The molecule has 7 nitrogen and oxygen atoms in total. The van der Waals surface area contributed by atoms with Crippen LogP contribution in [-0.2, 0) is 40.6 Å². The van der Waals surface area contributed by atoms with Gasteiger partial charge in [0, 0.05) is 34.5 Å². The number of hydrogen-bond donors (Lipinski definition) is 2. The second-order valence-corrected chi connectivity index (χ2v) is 11.9. The van der Waals surface area contributed by atoms with Gasteiger partial charge in [0.2, 0.25) is 28.3 Å². The molecular formula is C32H34N3O4S+. The molecule has 4 aromatic rings. The fourth-order valence-electron chi connectivity index (χ4n) is 5.18. The maximum atomic E-state index is 13.6. The summed E-state index contributed by atoms with van der Waals surface area (Å²) in [7, 11) is -3.71. The van der Waals surface area contributed by atoms with E-state index in [9.17, 15) is 18.4 Å². The van der Waals surface area contributed by atoms with Crippen LogP contribution in [-0.4, -0.2) is 19.5 Å². The Hall–Kier alpha value is -4.01. The number of carbonyl (C=O) groups is 1. The highest BCUT2D eigenvalue weighted by Crippen LogP contribution is 2.36. The molecule has 0 spiro atoms. The molecule has 0 radical (unpaired) electrons. The van der Waals surface area contributed by atoms with E-state index >= 15 is 0 Å². The predicted molar refractivity (Wildman–Crippen MR) is 153 cm³/mol. The summed E-state index contributed by atoms with van der Waals surface area (Å²) in [5, 5.41) is 9.93. The lowest BCUT2D eigenvalue weighted by Crippen LogP contribution is -2.34. The van der Waals surface area contributed by atoms with Gasteiger partial charge in [0.05, 0.1) is 11.4 Å². The largest absolute Gasteiger partial charge is 0.308 e. The van der Waals surface area contributed by atoms with Gasteiger partial charge in [-0.2, -0.15) is 0 Å². The number of carbonyl (C=O) groups excluding carboxylic acids is 1. The van der Waals surface area contributed by atoms with Crippen LogP contribution in [0.5, 0.6) is 0 Å². The molecule has 1 aliphatic carbocycles. The zero-order valence-corrected chi connectivity index (χ0v) is 23.3. The first-order valence-electron chi connectivity index (χ1n) is 13.6. The molecular weight excluding hydrogens is 522 g/mol. The van der Waals surface area contributed by atoms with Crippen LogP contribution in [0.4, 0.5) is 5.69 Å². The molecule has 1 unspecified atom stereocenters. The van der Waals surface area contributed by atoms with Crippen molar-refractivity contribution in [3.05, 3.63) is 125 Å².